The van der Waals surface area contributed by atoms with Crippen LogP contribution in [0.3, 0.4) is 0 Å². The Balaban J connectivity index is 1.64. The molecular weight excluding hydrogens is 216 g/mol. The van der Waals surface area contributed by atoms with Crippen molar-refractivity contribution in [2.24, 2.45) is 17.8 Å². The Morgan fingerprint density at radius 3 is 2.59 bits per heavy atom. The summed E-state index contributed by atoms with van der Waals surface area (Å²) in [7, 11) is 0. The second-order valence-electron chi connectivity index (χ2n) is 5.66. The van der Waals surface area contributed by atoms with Gasteiger partial charge in [-0.2, -0.15) is 0 Å². The van der Waals surface area contributed by atoms with Crippen molar-refractivity contribution in [1.29, 1.82) is 0 Å². The van der Waals surface area contributed by atoms with Gasteiger partial charge in [0.1, 0.15) is 0 Å². The minimum Gasteiger partial charge on any atom is -0.378 e. The number of rotatable bonds is 5. The summed E-state index contributed by atoms with van der Waals surface area (Å²) in [5, 5.41) is 5.88. The van der Waals surface area contributed by atoms with Gasteiger partial charge in [-0.05, 0) is 31.1 Å². The number of carbonyl (C=O) groups excluding carboxylic acids is 1. The largest absolute Gasteiger partial charge is 0.378 e. The molecule has 2 rings (SSSR count). The molecule has 0 aromatic rings. The molecule has 1 aliphatic heterocycles. The first-order valence-electron chi connectivity index (χ1n) is 6.80. The van der Waals surface area contributed by atoms with E-state index >= 15 is 0 Å². The first kappa shape index (κ1) is 12.7. The lowest BCUT2D eigenvalue weighted by Gasteiger charge is -2.22. The molecule has 0 spiro atoms. The molecule has 1 aliphatic carbocycles. The molecule has 98 valence electrons. The normalized spacial score (nSPS) is 28.4. The Kier molecular flexibility index (Phi) is 4.26. The lowest BCUT2D eigenvalue weighted by Crippen LogP contribution is -2.41. The number of nitrogens with one attached hydrogen (secondary N) is 2. The predicted molar refractivity (Wildman–Crippen MR) is 66.8 cm³/mol. The van der Waals surface area contributed by atoms with Crippen LogP contribution in [0.5, 0.6) is 0 Å². The van der Waals surface area contributed by atoms with E-state index in [0.29, 0.717) is 17.9 Å². The van der Waals surface area contributed by atoms with Crippen LogP contribution in [0, 0.1) is 17.8 Å². The molecule has 1 heterocycles. The van der Waals surface area contributed by atoms with Gasteiger partial charge in [0.2, 0.25) is 0 Å². The van der Waals surface area contributed by atoms with Crippen LogP contribution in [0.1, 0.15) is 33.1 Å². The van der Waals surface area contributed by atoms with Gasteiger partial charge < -0.3 is 15.4 Å². The minimum atomic E-state index is -0.0219. The SMILES string of the molecule is CC(C)[C@H]1OCC[C@@H]1CNC(=O)NCC1CC1. The first-order chi connectivity index (χ1) is 8.16. The number of carbonyl (C=O) groups is 1. The molecule has 0 radical (unpaired) electrons. The third-order valence-electron chi connectivity index (χ3n) is 3.69. The van der Waals surface area contributed by atoms with Crippen LogP contribution < -0.4 is 10.6 Å². The zero-order chi connectivity index (χ0) is 12.3. The third kappa shape index (κ3) is 3.87. The Bertz CT molecular complexity index is 264. The van der Waals surface area contributed by atoms with Crippen molar-refractivity contribution in [1.82, 2.24) is 10.6 Å². The molecule has 0 bridgehead atoms. The molecule has 1 saturated heterocycles. The molecule has 2 fully saturated rings. The van der Waals surface area contributed by atoms with E-state index in [1.54, 1.807) is 0 Å². The molecule has 2 N–H and O–H groups in total. The fourth-order valence-corrected chi connectivity index (χ4v) is 2.46. The number of hydrogen-bond acceptors (Lipinski definition) is 2. The standard InChI is InChI=1S/C13H24N2O2/c1-9(2)12-11(5-6-17-12)8-15-13(16)14-7-10-3-4-10/h9-12H,3-8H2,1-2H3,(H2,14,15,16)/t11-,12-/m1/s1. The Morgan fingerprint density at radius 2 is 1.94 bits per heavy atom. The van der Waals surface area contributed by atoms with Gasteiger partial charge in [0.05, 0.1) is 6.10 Å². The van der Waals surface area contributed by atoms with Gasteiger partial charge in [-0.1, -0.05) is 13.8 Å². The van der Waals surface area contributed by atoms with E-state index in [2.05, 4.69) is 24.5 Å². The van der Waals surface area contributed by atoms with Crippen LogP contribution in [-0.4, -0.2) is 31.8 Å². The molecule has 17 heavy (non-hydrogen) atoms. The first-order valence-corrected chi connectivity index (χ1v) is 6.80. The van der Waals surface area contributed by atoms with E-state index in [0.717, 1.165) is 32.0 Å². The Labute approximate surface area is 103 Å². The molecule has 4 heteroatoms. The van der Waals surface area contributed by atoms with E-state index in [9.17, 15) is 4.79 Å². The van der Waals surface area contributed by atoms with Gasteiger partial charge in [-0.25, -0.2) is 4.79 Å². The highest BCUT2D eigenvalue weighted by molar-refractivity contribution is 5.73. The summed E-state index contributed by atoms with van der Waals surface area (Å²) >= 11 is 0. The summed E-state index contributed by atoms with van der Waals surface area (Å²) in [6.45, 7) is 6.76. The maximum absolute atomic E-state index is 11.5. The summed E-state index contributed by atoms with van der Waals surface area (Å²) < 4.78 is 5.70. The van der Waals surface area contributed by atoms with E-state index in [-0.39, 0.29) is 6.03 Å². The summed E-state index contributed by atoms with van der Waals surface area (Å²) in [5.41, 5.74) is 0. The van der Waals surface area contributed by atoms with Crippen molar-refractivity contribution >= 4 is 6.03 Å². The monoisotopic (exact) mass is 240 g/mol. The second-order valence-corrected chi connectivity index (χ2v) is 5.66. The number of amides is 2. The summed E-state index contributed by atoms with van der Waals surface area (Å²) in [6.07, 6.45) is 3.91. The topological polar surface area (TPSA) is 50.4 Å². The van der Waals surface area contributed by atoms with Crippen LogP contribution in [0.4, 0.5) is 4.79 Å². The molecule has 1 saturated carbocycles. The Hall–Kier alpha value is -0.770. The average Bonchev–Trinajstić information content (AvgIpc) is 3.00. The molecule has 0 aromatic heterocycles. The van der Waals surface area contributed by atoms with Crippen molar-refractivity contribution in [3.8, 4) is 0 Å². The predicted octanol–water partition coefficient (Wildman–Crippen LogP) is 1.76. The van der Waals surface area contributed by atoms with Gasteiger partial charge >= 0.3 is 6.03 Å². The summed E-state index contributed by atoms with van der Waals surface area (Å²) in [6, 6.07) is -0.0219. The quantitative estimate of drug-likeness (QED) is 0.769. The maximum Gasteiger partial charge on any atom is 0.314 e. The van der Waals surface area contributed by atoms with Gasteiger partial charge in [0, 0.05) is 25.6 Å². The van der Waals surface area contributed by atoms with Crippen LogP contribution in [0.15, 0.2) is 0 Å². The van der Waals surface area contributed by atoms with Gasteiger partial charge in [-0.3, -0.25) is 0 Å². The van der Waals surface area contributed by atoms with Crippen molar-refractivity contribution in [2.45, 2.75) is 39.2 Å². The highest BCUT2D eigenvalue weighted by Crippen LogP contribution is 2.27. The number of urea groups is 1. The lowest BCUT2D eigenvalue weighted by molar-refractivity contribution is 0.0545. The van der Waals surface area contributed by atoms with Crippen molar-refractivity contribution < 1.29 is 9.53 Å². The maximum atomic E-state index is 11.5. The van der Waals surface area contributed by atoms with Crippen LogP contribution in [0.25, 0.3) is 0 Å². The highest BCUT2D eigenvalue weighted by atomic mass is 16.5. The van der Waals surface area contributed by atoms with E-state index in [4.69, 9.17) is 4.74 Å². The summed E-state index contributed by atoms with van der Waals surface area (Å²) in [4.78, 5) is 11.5. The molecule has 4 nitrogen and oxygen atoms in total. The van der Waals surface area contributed by atoms with Crippen molar-refractivity contribution in [2.75, 3.05) is 19.7 Å². The fraction of sp³-hybridized carbons (Fsp3) is 0.923. The average molecular weight is 240 g/mol. The van der Waals surface area contributed by atoms with Gasteiger partial charge in [0.25, 0.3) is 0 Å². The highest BCUT2D eigenvalue weighted by Gasteiger charge is 2.30. The zero-order valence-corrected chi connectivity index (χ0v) is 10.9. The third-order valence-corrected chi connectivity index (χ3v) is 3.69. The molecule has 2 atom stereocenters. The minimum absolute atomic E-state index is 0.0219. The lowest BCUT2D eigenvalue weighted by atomic mass is 9.93. The molecular formula is C13H24N2O2. The number of hydrogen-bond donors (Lipinski definition) is 2. The van der Waals surface area contributed by atoms with Crippen LogP contribution in [-0.2, 0) is 4.74 Å². The zero-order valence-electron chi connectivity index (χ0n) is 10.9. The smallest absolute Gasteiger partial charge is 0.314 e. The van der Waals surface area contributed by atoms with E-state index in [1.807, 2.05) is 0 Å². The van der Waals surface area contributed by atoms with Crippen molar-refractivity contribution in [3.63, 3.8) is 0 Å². The molecule has 0 aromatic carbocycles. The van der Waals surface area contributed by atoms with E-state index in [1.165, 1.54) is 12.8 Å². The van der Waals surface area contributed by atoms with Crippen molar-refractivity contribution in [3.05, 3.63) is 0 Å². The Morgan fingerprint density at radius 1 is 1.24 bits per heavy atom. The molecule has 0 unspecified atom stereocenters. The second kappa shape index (κ2) is 5.71. The van der Waals surface area contributed by atoms with E-state index < -0.39 is 0 Å². The van der Waals surface area contributed by atoms with Crippen LogP contribution in [0.2, 0.25) is 0 Å². The molecule has 2 aliphatic rings. The summed E-state index contributed by atoms with van der Waals surface area (Å²) in [5.74, 6) is 1.74. The van der Waals surface area contributed by atoms with Gasteiger partial charge in [0.15, 0.2) is 0 Å². The number of ether oxygens (including phenoxy) is 1. The van der Waals surface area contributed by atoms with Crippen LogP contribution >= 0.6 is 0 Å². The fourth-order valence-electron chi connectivity index (χ4n) is 2.46. The molecule has 2 amide bonds. The van der Waals surface area contributed by atoms with Gasteiger partial charge in [-0.15, -0.1) is 0 Å².